The fourth-order valence-corrected chi connectivity index (χ4v) is 6.88. The highest BCUT2D eigenvalue weighted by Gasteiger charge is 2.35. The van der Waals surface area contributed by atoms with E-state index in [9.17, 15) is 18.0 Å². The minimum atomic E-state index is -4.19. The van der Waals surface area contributed by atoms with Crippen LogP contribution in [0.2, 0.25) is 10.0 Å². The van der Waals surface area contributed by atoms with Gasteiger partial charge >= 0.3 is 0 Å². The second kappa shape index (κ2) is 14.8. The summed E-state index contributed by atoms with van der Waals surface area (Å²) in [7, 11) is -4.19. The van der Waals surface area contributed by atoms with E-state index in [4.69, 9.17) is 23.2 Å². The maximum Gasteiger partial charge on any atom is 0.264 e. The number of sulfonamides is 1. The van der Waals surface area contributed by atoms with E-state index in [2.05, 4.69) is 5.32 Å². The van der Waals surface area contributed by atoms with E-state index in [0.717, 1.165) is 9.87 Å². The number of rotatable bonds is 12. The molecule has 4 rings (SSSR count). The minimum absolute atomic E-state index is 0.0372. The van der Waals surface area contributed by atoms with Crippen molar-refractivity contribution in [2.24, 2.45) is 0 Å². The lowest BCUT2D eigenvalue weighted by Gasteiger charge is -2.34. The van der Waals surface area contributed by atoms with Gasteiger partial charge in [-0.05, 0) is 62.2 Å². The average molecular weight is 653 g/mol. The molecule has 1 atom stereocenters. The number of nitrogens with zero attached hydrogens (tertiary/aromatic N) is 2. The zero-order valence-corrected chi connectivity index (χ0v) is 27.1. The van der Waals surface area contributed by atoms with Crippen molar-refractivity contribution in [3.05, 3.63) is 130 Å². The number of benzene rings is 4. The number of hydrogen-bond donors (Lipinski definition) is 1. The van der Waals surface area contributed by atoms with Gasteiger partial charge in [0, 0.05) is 34.6 Å². The maximum atomic E-state index is 14.5. The van der Waals surface area contributed by atoms with Gasteiger partial charge in [0.2, 0.25) is 11.8 Å². The Kier molecular flexibility index (Phi) is 11.1. The first-order chi connectivity index (χ1) is 21.0. The van der Waals surface area contributed by atoms with Crippen LogP contribution in [0.5, 0.6) is 0 Å². The Morgan fingerprint density at radius 2 is 1.36 bits per heavy atom. The van der Waals surface area contributed by atoms with Gasteiger partial charge in [-0.15, -0.1) is 0 Å². The molecular weight excluding hydrogens is 617 g/mol. The lowest BCUT2D eigenvalue weighted by atomic mass is 10.0. The molecule has 7 nitrogen and oxygen atoms in total. The van der Waals surface area contributed by atoms with Crippen LogP contribution in [0.15, 0.2) is 108 Å². The monoisotopic (exact) mass is 651 g/mol. The summed E-state index contributed by atoms with van der Waals surface area (Å²) in [6.07, 6.45) is 0.184. The molecule has 44 heavy (non-hydrogen) atoms. The highest BCUT2D eigenvalue weighted by molar-refractivity contribution is 7.92. The first kappa shape index (κ1) is 33.1. The molecule has 0 radical (unpaired) electrons. The van der Waals surface area contributed by atoms with E-state index in [1.807, 2.05) is 44.2 Å². The maximum absolute atomic E-state index is 14.5. The van der Waals surface area contributed by atoms with Crippen LogP contribution >= 0.6 is 23.2 Å². The molecule has 2 amide bonds. The number of carbonyl (C=O) groups is 2. The number of carbonyl (C=O) groups excluding carboxylic acids is 2. The van der Waals surface area contributed by atoms with Crippen molar-refractivity contribution in [3.63, 3.8) is 0 Å². The molecule has 230 valence electrons. The van der Waals surface area contributed by atoms with Crippen molar-refractivity contribution in [2.75, 3.05) is 10.8 Å². The average Bonchev–Trinajstić information content (AvgIpc) is 3.00. The van der Waals surface area contributed by atoms with Gasteiger partial charge in [-0.1, -0.05) is 96.0 Å². The summed E-state index contributed by atoms with van der Waals surface area (Å²) in [6.45, 7) is 4.77. The van der Waals surface area contributed by atoms with E-state index in [0.29, 0.717) is 26.9 Å². The largest absolute Gasteiger partial charge is 0.352 e. The van der Waals surface area contributed by atoms with E-state index in [-0.39, 0.29) is 29.8 Å². The molecule has 4 aromatic carbocycles. The number of amides is 2. The van der Waals surface area contributed by atoms with Gasteiger partial charge in [-0.25, -0.2) is 8.42 Å². The van der Waals surface area contributed by atoms with Crippen molar-refractivity contribution >= 4 is 50.7 Å². The fourth-order valence-electron chi connectivity index (χ4n) is 4.86. The van der Waals surface area contributed by atoms with Gasteiger partial charge < -0.3 is 10.2 Å². The number of hydrogen-bond acceptors (Lipinski definition) is 4. The molecule has 0 aliphatic rings. The van der Waals surface area contributed by atoms with E-state index in [1.54, 1.807) is 67.6 Å². The summed E-state index contributed by atoms with van der Waals surface area (Å²) in [6, 6.07) is 28.0. The van der Waals surface area contributed by atoms with Gasteiger partial charge in [-0.2, -0.15) is 0 Å². The van der Waals surface area contributed by atoms with Crippen molar-refractivity contribution in [3.8, 4) is 0 Å². The number of para-hydroxylation sites is 1. The molecule has 0 bridgehead atoms. The summed E-state index contributed by atoms with van der Waals surface area (Å²) < 4.78 is 29.3. The minimum Gasteiger partial charge on any atom is -0.352 e. The zero-order chi connectivity index (χ0) is 31.9. The van der Waals surface area contributed by atoms with Crippen LogP contribution in [0.3, 0.4) is 0 Å². The third kappa shape index (κ3) is 8.00. The van der Waals surface area contributed by atoms with Crippen LogP contribution in [0.4, 0.5) is 5.69 Å². The molecule has 0 saturated heterocycles. The highest BCUT2D eigenvalue weighted by Crippen LogP contribution is 2.30. The quantitative estimate of drug-likeness (QED) is 0.186. The Morgan fingerprint density at radius 1 is 0.795 bits per heavy atom. The third-order valence-electron chi connectivity index (χ3n) is 7.09. The summed E-state index contributed by atoms with van der Waals surface area (Å²) in [5.41, 5.74) is 2.30. The lowest BCUT2D eigenvalue weighted by Crippen LogP contribution is -2.54. The Morgan fingerprint density at radius 3 is 1.95 bits per heavy atom. The molecule has 0 spiro atoms. The number of anilines is 1. The Bertz CT molecular complexity index is 1680. The van der Waals surface area contributed by atoms with E-state index < -0.39 is 28.5 Å². The normalized spacial score (nSPS) is 12.0. The number of halogens is 2. The molecule has 0 saturated carbocycles. The van der Waals surface area contributed by atoms with Gasteiger partial charge in [0.1, 0.15) is 12.6 Å². The van der Waals surface area contributed by atoms with Gasteiger partial charge in [0.15, 0.2) is 0 Å². The lowest BCUT2D eigenvalue weighted by molar-refractivity contribution is -0.140. The fraction of sp³-hybridized carbons (Fsp3) is 0.235. The summed E-state index contributed by atoms with van der Waals surface area (Å²) in [4.78, 5) is 29.7. The molecule has 0 aromatic heterocycles. The van der Waals surface area contributed by atoms with Crippen LogP contribution in [-0.2, 0) is 32.6 Å². The second-order valence-electron chi connectivity index (χ2n) is 10.7. The predicted octanol–water partition coefficient (Wildman–Crippen LogP) is 6.66. The smallest absolute Gasteiger partial charge is 0.264 e. The Balaban J connectivity index is 1.84. The van der Waals surface area contributed by atoms with Crippen molar-refractivity contribution in [2.45, 2.75) is 50.7 Å². The molecule has 1 unspecified atom stereocenters. The van der Waals surface area contributed by atoms with Crippen molar-refractivity contribution < 1.29 is 18.0 Å². The van der Waals surface area contributed by atoms with Gasteiger partial charge in [0.25, 0.3) is 10.0 Å². The Hall–Kier alpha value is -3.85. The molecule has 0 fully saturated rings. The first-order valence-corrected chi connectivity index (χ1v) is 16.4. The number of aryl methyl sites for hydroxylation is 1. The number of nitrogens with one attached hydrogen (secondary N) is 1. The van der Waals surface area contributed by atoms with Crippen LogP contribution in [0, 0.1) is 6.92 Å². The van der Waals surface area contributed by atoms with Crippen molar-refractivity contribution in [1.82, 2.24) is 10.2 Å². The zero-order valence-electron chi connectivity index (χ0n) is 24.8. The van der Waals surface area contributed by atoms with Crippen LogP contribution in [0.25, 0.3) is 0 Å². The molecule has 10 heteroatoms. The molecular formula is C34H35Cl2N3O4S. The first-order valence-electron chi connectivity index (χ1n) is 14.2. The topological polar surface area (TPSA) is 86.8 Å². The molecule has 4 aromatic rings. The third-order valence-corrected chi connectivity index (χ3v) is 9.57. The summed E-state index contributed by atoms with van der Waals surface area (Å²) in [5, 5.41) is 3.58. The van der Waals surface area contributed by atoms with Crippen molar-refractivity contribution in [1.29, 1.82) is 0 Å². The van der Waals surface area contributed by atoms with Crippen LogP contribution in [-0.4, -0.2) is 43.8 Å². The molecule has 1 N–H and O–H groups in total. The van der Waals surface area contributed by atoms with Gasteiger partial charge in [-0.3, -0.25) is 13.9 Å². The summed E-state index contributed by atoms with van der Waals surface area (Å²) >= 11 is 13.1. The van der Waals surface area contributed by atoms with Crippen LogP contribution < -0.4 is 9.62 Å². The molecule has 0 heterocycles. The summed E-state index contributed by atoms with van der Waals surface area (Å²) in [5.74, 6) is -0.975. The second-order valence-corrected chi connectivity index (χ2v) is 13.4. The van der Waals surface area contributed by atoms with Crippen LogP contribution in [0.1, 0.15) is 30.5 Å². The van der Waals surface area contributed by atoms with E-state index in [1.165, 1.54) is 17.0 Å². The van der Waals surface area contributed by atoms with E-state index >= 15 is 0 Å². The van der Waals surface area contributed by atoms with Gasteiger partial charge in [0.05, 0.1) is 10.6 Å². The predicted molar refractivity (Wildman–Crippen MR) is 176 cm³/mol. The molecule has 0 aliphatic heterocycles. The SMILES string of the molecule is Cc1ccccc1N(CC(=O)N(Cc1c(Cl)cccc1Cl)C(Cc1ccccc1)C(=O)NC(C)C)S(=O)(=O)c1ccccc1. The highest BCUT2D eigenvalue weighted by atomic mass is 35.5. The molecule has 0 aliphatic carbocycles. The standard InChI is InChI=1S/C34H35Cl2N3O4S/c1-24(2)37-34(41)32(21-26-14-6-4-7-15-26)38(22-28-29(35)18-12-19-30(28)36)33(40)23-39(31-20-11-10-13-25(31)3)44(42,43)27-16-8-5-9-17-27/h4-20,24,32H,21-23H2,1-3H3,(H,37,41). The Labute approximate surface area is 269 Å².